The second-order valence-electron chi connectivity index (χ2n) is 9.10. The Kier molecular flexibility index (Phi) is 7.65. The molecule has 4 rings (SSSR count). The molecule has 1 aliphatic carbocycles. The normalized spacial score (nSPS) is 14.4. The topological polar surface area (TPSA) is 92.6 Å². The molecule has 0 radical (unpaired) electrons. The first-order valence-electron chi connectivity index (χ1n) is 12.5. The van der Waals surface area contributed by atoms with Gasteiger partial charge in [0.25, 0.3) is 11.3 Å². The van der Waals surface area contributed by atoms with E-state index in [1.165, 1.54) is 10.9 Å². The van der Waals surface area contributed by atoms with E-state index in [9.17, 15) is 9.59 Å². The smallest absolute Gasteiger partial charge is 0.277 e. The lowest BCUT2D eigenvalue weighted by Gasteiger charge is -2.27. The second-order valence-corrected chi connectivity index (χ2v) is 9.10. The zero-order chi connectivity index (χ0) is 24.1. The number of H-pyrrole nitrogens is 1. The molecular weight excluding hydrogens is 430 g/mol. The van der Waals surface area contributed by atoms with Crippen LogP contribution in [0.4, 0.5) is 5.95 Å². The highest BCUT2D eigenvalue weighted by atomic mass is 16.5. The van der Waals surface area contributed by atoms with Gasteiger partial charge in [0.05, 0.1) is 18.8 Å². The summed E-state index contributed by atoms with van der Waals surface area (Å²) in [6.45, 7) is 6.87. The Labute approximate surface area is 200 Å². The van der Waals surface area contributed by atoms with Gasteiger partial charge in [0, 0.05) is 11.5 Å². The monoisotopic (exact) mass is 465 g/mol. The van der Waals surface area contributed by atoms with Crippen LogP contribution in [0.25, 0.3) is 5.78 Å². The number of ether oxygens (including phenoxy) is 1. The number of anilines is 1. The van der Waals surface area contributed by atoms with Crippen molar-refractivity contribution in [3.05, 3.63) is 51.4 Å². The molecule has 182 valence electrons. The van der Waals surface area contributed by atoms with Gasteiger partial charge >= 0.3 is 0 Å². The molecule has 1 N–H and O–H groups in total. The van der Waals surface area contributed by atoms with Crippen LogP contribution in [0.1, 0.15) is 75.6 Å². The van der Waals surface area contributed by atoms with Gasteiger partial charge in [-0.1, -0.05) is 44.7 Å². The molecule has 3 aromatic rings. The average molecular weight is 466 g/mol. The Morgan fingerprint density at radius 1 is 1.15 bits per heavy atom. The predicted octanol–water partition coefficient (Wildman–Crippen LogP) is 4.58. The molecule has 8 nitrogen and oxygen atoms in total. The maximum absolute atomic E-state index is 13.6. The molecule has 1 saturated carbocycles. The zero-order valence-electron chi connectivity index (χ0n) is 20.5. The van der Waals surface area contributed by atoms with Crippen LogP contribution in [0.2, 0.25) is 0 Å². The van der Waals surface area contributed by atoms with E-state index in [4.69, 9.17) is 4.74 Å². The Bertz CT molecular complexity index is 1180. The van der Waals surface area contributed by atoms with E-state index in [0.717, 1.165) is 49.8 Å². The fraction of sp³-hybridized carbons (Fsp3) is 0.538. The summed E-state index contributed by atoms with van der Waals surface area (Å²) in [4.78, 5) is 37.6. The zero-order valence-corrected chi connectivity index (χ0v) is 20.5. The number of nitrogens with one attached hydrogen (secondary N) is 1. The third kappa shape index (κ3) is 5.16. The van der Waals surface area contributed by atoms with Gasteiger partial charge in [-0.3, -0.25) is 19.6 Å². The number of amides is 1. The molecule has 0 spiro atoms. The molecule has 0 atom stereocenters. The number of benzene rings is 1. The van der Waals surface area contributed by atoms with Gasteiger partial charge in [-0.2, -0.15) is 9.50 Å². The van der Waals surface area contributed by atoms with Crippen molar-refractivity contribution in [3.8, 4) is 5.75 Å². The number of fused-ring (bicyclic) bond motifs is 1. The molecule has 34 heavy (non-hydrogen) atoms. The van der Waals surface area contributed by atoms with Gasteiger partial charge in [-0.15, -0.1) is 0 Å². The van der Waals surface area contributed by atoms with Crippen LogP contribution in [0, 0.1) is 12.8 Å². The lowest BCUT2D eigenvalue weighted by Crippen LogP contribution is -2.37. The Morgan fingerprint density at radius 3 is 2.56 bits per heavy atom. The molecule has 2 heterocycles. The van der Waals surface area contributed by atoms with Crippen molar-refractivity contribution < 1.29 is 9.53 Å². The number of unbranched alkanes of at least 4 members (excludes halogenated alkanes) is 1. The average Bonchev–Trinajstić information content (AvgIpc) is 3.27. The van der Waals surface area contributed by atoms with E-state index in [-0.39, 0.29) is 17.4 Å². The Hall–Kier alpha value is -3.16. The van der Waals surface area contributed by atoms with E-state index in [1.807, 2.05) is 38.1 Å². The number of aromatic amines is 1. The number of aryl methyl sites for hydroxylation is 1. The predicted molar refractivity (Wildman–Crippen MR) is 132 cm³/mol. The lowest BCUT2D eigenvalue weighted by molar-refractivity contribution is -0.123. The van der Waals surface area contributed by atoms with Crippen molar-refractivity contribution in [3.63, 3.8) is 0 Å². The molecule has 0 saturated heterocycles. The molecule has 1 aromatic carbocycles. The van der Waals surface area contributed by atoms with E-state index in [1.54, 1.807) is 4.90 Å². The van der Waals surface area contributed by atoms with Crippen LogP contribution in [0.5, 0.6) is 5.75 Å². The number of aromatic nitrogens is 4. The first kappa shape index (κ1) is 24.0. The largest absolute Gasteiger partial charge is 0.494 e. The summed E-state index contributed by atoms with van der Waals surface area (Å²) >= 11 is 0. The maximum Gasteiger partial charge on any atom is 0.277 e. The van der Waals surface area contributed by atoms with Gasteiger partial charge in [0.1, 0.15) is 5.75 Å². The summed E-state index contributed by atoms with van der Waals surface area (Å²) in [5.41, 5.74) is 2.23. The molecule has 0 bridgehead atoms. The first-order chi connectivity index (χ1) is 16.5. The van der Waals surface area contributed by atoms with Crippen molar-refractivity contribution in [2.75, 3.05) is 11.5 Å². The number of rotatable bonds is 9. The van der Waals surface area contributed by atoms with Gasteiger partial charge in [0.2, 0.25) is 11.9 Å². The van der Waals surface area contributed by atoms with E-state index >= 15 is 0 Å². The van der Waals surface area contributed by atoms with Gasteiger partial charge in [0.15, 0.2) is 0 Å². The van der Waals surface area contributed by atoms with Crippen LogP contribution in [-0.2, 0) is 17.8 Å². The molecule has 1 fully saturated rings. The molecule has 0 aliphatic heterocycles. The highest BCUT2D eigenvalue weighted by Crippen LogP contribution is 2.28. The SMILES string of the molecule is CCCCc1c(C)nc2nc(N(Cc3ccc(OCC)cc3)C(=O)C3CCCCC3)[nH]n2c1=O. The van der Waals surface area contributed by atoms with Crippen molar-refractivity contribution in [1.82, 2.24) is 19.6 Å². The quantitative estimate of drug-likeness (QED) is 0.499. The molecule has 0 unspecified atom stereocenters. The second kappa shape index (κ2) is 10.8. The van der Waals surface area contributed by atoms with E-state index in [0.29, 0.717) is 42.6 Å². The fourth-order valence-corrected chi connectivity index (χ4v) is 4.67. The van der Waals surface area contributed by atoms with Crippen LogP contribution < -0.4 is 15.2 Å². The number of hydrogen-bond acceptors (Lipinski definition) is 5. The lowest BCUT2D eigenvalue weighted by atomic mass is 9.88. The van der Waals surface area contributed by atoms with Crippen LogP contribution in [0.15, 0.2) is 29.1 Å². The van der Waals surface area contributed by atoms with Crippen LogP contribution in [0.3, 0.4) is 0 Å². The standard InChI is InChI=1S/C26H35N5O3/c1-4-6-12-22-18(3)27-25-28-26(29-31(25)24(22)33)30(23(32)20-10-8-7-9-11-20)17-19-13-15-21(16-14-19)34-5-2/h13-16,20H,4-12,17H2,1-3H3,(H,27,28,29). The van der Waals surface area contributed by atoms with Gasteiger partial charge < -0.3 is 4.74 Å². The summed E-state index contributed by atoms with van der Waals surface area (Å²) in [5.74, 6) is 1.47. The number of nitrogens with zero attached hydrogens (tertiary/aromatic N) is 4. The Balaban J connectivity index is 1.70. The van der Waals surface area contributed by atoms with Crippen LogP contribution in [-0.4, -0.2) is 32.1 Å². The van der Waals surface area contributed by atoms with E-state index < -0.39 is 0 Å². The van der Waals surface area contributed by atoms with E-state index in [2.05, 4.69) is 22.0 Å². The minimum Gasteiger partial charge on any atom is -0.494 e. The fourth-order valence-electron chi connectivity index (χ4n) is 4.67. The minimum absolute atomic E-state index is 0.0313. The maximum atomic E-state index is 13.6. The Morgan fingerprint density at radius 2 is 1.88 bits per heavy atom. The highest BCUT2D eigenvalue weighted by molar-refractivity contribution is 5.93. The van der Waals surface area contributed by atoms with Crippen LogP contribution >= 0.6 is 0 Å². The van der Waals surface area contributed by atoms with Gasteiger partial charge in [-0.25, -0.2) is 4.98 Å². The summed E-state index contributed by atoms with van der Waals surface area (Å²) < 4.78 is 6.93. The number of carbonyl (C=O) groups excluding carboxylic acids is 1. The highest BCUT2D eigenvalue weighted by Gasteiger charge is 2.29. The molecule has 1 aliphatic rings. The molecule has 2 aromatic heterocycles. The number of carbonyl (C=O) groups is 1. The third-order valence-electron chi connectivity index (χ3n) is 6.61. The molecular formula is C26H35N5O3. The van der Waals surface area contributed by atoms with Crippen molar-refractivity contribution in [2.24, 2.45) is 5.92 Å². The summed E-state index contributed by atoms with van der Waals surface area (Å²) in [6, 6.07) is 7.75. The first-order valence-corrected chi connectivity index (χ1v) is 12.5. The minimum atomic E-state index is -0.138. The summed E-state index contributed by atoms with van der Waals surface area (Å²) in [6.07, 6.45) is 7.68. The van der Waals surface area contributed by atoms with Crippen molar-refractivity contribution in [2.45, 2.75) is 78.7 Å². The molecule has 1 amide bonds. The summed E-state index contributed by atoms with van der Waals surface area (Å²) in [5, 5.41) is 3.09. The number of hydrogen-bond donors (Lipinski definition) is 1. The van der Waals surface area contributed by atoms with Gasteiger partial charge in [-0.05, 0) is 57.2 Å². The van der Waals surface area contributed by atoms with Crippen molar-refractivity contribution >= 4 is 17.6 Å². The molecule has 8 heteroatoms. The third-order valence-corrected chi connectivity index (χ3v) is 6.61. The summed E-state index contributed by atoms with van der Waals surface area (Å²) in [7, 11) is 0. The van der Waals surface area contributed by atoms with Crippen molar-refractivity contribution in [1.29, 1.82) is 0 Å².